The molecule has 20 heavy (non-hydrogen) atoms. The number of ether oxygens (including phenoxy) is 1. The monoisotopic (exact) mass is 275 g/mol. The molecule has 0 radical (unpaired) electrons. The number of hydrogen-bond donors (Lipinski definition) is 1. The van der Waals surface area contributed by atoms with Gasteiger partial charge in [0.15, 0.2) is 5.82 Å². The van der Waals surface area contributed by atoms with Crippen LogP contribution in [0.4, 0.5) is 0 Å². The van der Waals surface area contributed by atoms with Crippen molar-refractivity contribution in [1.82, 2.24) is 25.5 Å². The topological polar surface area (TPSA) is 64.9 Å². The summed E-state index contributed by atoms with van der Waals surface area (Å²) in [5.74, 6) is 1.59. The minimum absolute atomic E-state index is 0.0178. The summed E-state index contributed by atoms with van der Waals surface area (Å²) in [6.45, 7) is 9.53. The van der Waals surface area contributed by atoms with E-state index in [9.17, 15) is 0 Å². The van der Waals surface area contributed by atoms with Crippen molar-refractivity contribution in [2.75, 3.05) is 6.61 Å². The molecule has 1 aromatic carbocycles. The standard InChI is InChI=1S/C14H21N5O/c1-5-20-12-8-6-7-11(9-12)19-13(16-17-18-19)10-15-14(2,3)4/h6-9,15H,5,10H2,1-4H3. The van der Waals surface area contributed by atoms with E-state index in [1.54, 1.807) is 4.68 Å². The number of hydrogen-bond acceptors (Lipinski definition) is 5. The molecule has 0 spiro atoms. The average Bonchev–Trinajstić information content (AvgIpc) is 2.84. The zero-order chi connectivity index (χ0) is 14.6. The highest BCUT2D eigenvalue weighted by Gasteiger charge is 2.13. The third kappa shape index (κ3) is 3.77. The highest BCUT2D eigenvalue weighted by atomic mass is 16.5. The Labute approximate surface area is 119 Å². The SMILES string of the molecule is CCOc1cccc(-n2nnnc2CNC(C)(C)C)c1. The summed E-state index contributed by atoms with van der Waals surface area (Å²) in [5.41, 5.74) is 0.913. The molecule has 1 aromatic heterocycles. The molecule has 0 atom stereocenters. The molecule has 0 aliphatic rings. The van der Waals surface area contributed by atoms with Crippen molar-refractivity contribution in [3.8, 4) is 11.4 Å². The molecule has 0 unspecified atom stereocenters. The number of benzene rings is 1. The van der Waals surface area contributed by atoms with Crippen LogP contribution in [0.3, 0.4) is 0 Å². The van der Waals surface area contributed by atoms with E-state index in [-0.39, 0.29) is 5.54 Å². The minimum atomic E-state index is 0.0178. The number of nitrogens with zero attached hydrogens (tertiary/aromatic N) is 4. The summed E-state index contributed by atoms with van der Waals surface area (Å²) < 4.78 is 7.22. The van der Waals surface area contributed by atoms with Crippen molar-refractivity contribution in [1.29, 1.82) is 0 Å². The summed E-state index contributed by atoms with van der Waals surface area (Å²) in [6.07, 6.45) is 0. The fraction of sp³-hybridized carbons (Fsp3) is 0.500. The number of nitrogens with one attached hydrogen (secondary N) is 1. The molecular formula is C14H21N5O. The van der Waals surface area contributed by atoms with Gasteiger partial charge >= 0.3 is 0 Å². The van der Waals surface area contributed by atoms with Crippen LogP contribution in [0, 0.1) is 0 Å². The van der Waals surface area contributed by atoms with Crippen molar-refractivity contribution in [2.45, 2.75) is 39.8 Å². The van der Waals surface area contributed by atoms with Gasteiger partial charge in [-0.1, -0.05) is 6.07 Å². The maximum atomic E-state index is 5.50. The summed E-state index contributed by atoms with van der Waals surface area (Å²) in [4.78, 5) is 0. The van der Waals surface area contributed by atoms with E-state index in [0.717, 1.165) is 17.3 Å². The lowest BCUT2D eigenvalue weighted by atomic mass is 10.1. The number of tetrazole rings is 1. The maximum Gasteiger partial charge on any atom is 0.170 e. The van der Waals surface area contributed by atoms with E-state index in [0.29, 0.717) is 13.2 Å². The first-order valence-electron chi connectivity index (χ1n) is 6.75. The first-order chi connectivity index (χ1) is 9.49. The molecule has 2 rings (SSSR count). The predicted octanol–water partition coefficient (Wildman–Crippen LogP) is 1.95. The van der Waals surface area contributed by atoms with Crippen LogP contribution in [0.1, 0.15) is 33.5 Å². The van der Waals surface area contributed by atoms with Gasteiger partial charge in [-0.2, -0.15) is 4.68 Å². The number of aromatic nitrogens is 4. The summed E-state index contributed by atoms with van der Waals surface area (Å²) in [7, 11) is 0. The fourth-order valence-corrected chi connectivity index (χ4v) is 1.73. The van der Waals surface area contributed by atoms with Crippen LogP contribution in [0.15, 0.2) is 24.3 Å². The molecule has 0 saturated carbocycles. The maximum absolute atomic E-state index is 5.50. The Kier molecular flexibility index (Phi) is 4.34. The zero-order valence-electron chi connectivity index (χ0n) is 12.4. The molecule has 0 bridgehead atoms. The highest BCUT2D eigenvalue weighted by molar-refractivity contribution is 5.38. The first-order valence-corrected chi connectivity index (χ1v) is 6.75. The van der Waals surface area contributed by atoms with Crippen LogP contribution in [-0.4, -0.2) is 32.4 Å². The molecule has 2 aromatic rings. The molecule has 0 saturated heterocycles. The lowest BCUT2D eigenvalue weighted by Crippen LogP contribution is -2.35. The quantitative estimate of drug-likeness (QED) is 0.903. The zero-order valence-corrected chi connectivity index (χ0v) is 12.4. The van der Waals surface area contributed by atoms with Crippen molar-refractivity contribution in [3.05, 3.63) is 30.1 Å². The molecule has 0 amide bonds. The fourth-order valence-electron chi connectivity index (χ4n) is 1.73. The van der Waals surface area contributed by atoms with Gasteiger partial charge in [-0.3, -0.25) is 0 Å². The van der Waals surface area contributed by atoms with Crippen molar-refractivity contribution < 1.29 is 4.74 Å². The largest absolute Gasteiger partial charge is 0.494 e. The Bertz CT molecular complexity index is 559. The first kappa shape index (κ1) is 14.5. The Morgan fingerprint density at radius 2 is 2.10 bits per heavy atom. The Hall–Kier alpha value is -1.95. The molecule has 6 heteroatoms. The lowest BCUT2D eigenvalue weighted by molar-refractivity contribution is 0.340. The van der Waals surface area contributed by atoms with Gasteiger partial charge in [0.1, 0.15) is 5.75 Å². The second kappa shape index (κ2) is 6.00. The molecule has 1 N–H and O–H groups in total. The van der Waals surface area contributed by atoms with Crippen LogP contribution >= 0.6 is 0 Å². The van der Waals surface area contributed by atoms with Crippen molar-refractivity contribution in [2.24, 2.45) is 0 Å². The van der Waals surface area contributed by atoms with Gasteiger partial charge < -0.3 is 10.1 Å². The van der Waals surface area contributed by atoms with Gasteiger partial charge in [-0.25, -0.2) is 0 Å². The van der Waals surface area contributed by atoms with Gasteiger partial charge in [0, 0.05) is 11.6 Å². The minimum Gasteiger partial charge on any atom is -0.494 e. The molecule has 1 heterocycles. The van der Waals surface area contributed by atoms with E-state index in [2.05, 4.69) is 41.6 Å². The molecule has 0 fully saturated rings. The van der Waals surface area contributed by atoms with Crippen LogP contribution in [0.2, 0.25) is 0 Å². The average molecular weight is 275 g/mol. The van der Waals surface area contributed by atoms with Gasteiger partial charge in [-0.15, -0.1) is 5.10 Å². The van der Waals surface area contributed by atoms with Crippen LogP contribution in [0.5, 0.6) is 5.75 Å². The summed E-state index contributed by atoms with van der Waals surface area (Å²) in [5, 5.41) is 15.3. The van der Waals surface area contributed by atoms with Gasteiger partial charge in [0.2, 0.25) is 0 Å². The smallest absolute Gasteiger partial charge is 0.170 e. The van der Waals surface area contributed by atoms with E-state index in [1.807, 2.05) is 31.2 Å². The van der Waals surface area contributed by atoms with E-state index >= 15 is 0 Å². The normalized spacial score (nSPS) is 11.6. The van der Waals surface area contributed by atoms with Gasteiger partial charge in [0.25, 0.3) is 0 Å². The van der Waals surface area contributed by atoms with E-state index in [4.69, 9.17) is 4.74 Å². The van der Waals surface area contributed by atoms with Crippen LogP contribution in [-0.2, 0) is 6.54 Å². The molecule has 0 aliphatic carbocycles. The second-order valence-corrected chi connectivity index (χ2v) is 5.54. The third-order valence-electron chi connectivity index (χ3n) is 2.68. The Balaban J connectivity index is 2.21. The highest BCUT2D eigenvalue weighted by Crippen LogP contribution is 2.17. The van der Waals surface area contributed by atoms with E-state index < -0.39 is 0 Å². The molecule has 0 aliphatic heterocycles. The summed E-state index contributed by atoms with van der Waals surface area (Å²) >= 11 is 0. The third-order valence-corrected chi connectivity index (χ3v) is 2.68. The van der Waals surface area contributed by atoms with Crippen LogP contribution in [0.25, 0.3) is 5.69 Å². The van der Waals surface area contributed by atoms with Gasteiger partial charge in [0.05, 0.1) is 18.8 Å². The van der Waals surface area contributed by atoms with Crippen molar-refractivity contribution in [3.63, 3.8) is 0 Å². The molecular weight excluding hydrogens is 254 g/mol. The summed E-state index contributed by atoms with van der Waals surface area (Å²) in [6, 6.07) is 7.74. The molecule has 6 nitrogen and oxygen atoms in total. The Morgan fingerprint density at radius 1 is 1.30 bits per heavy atom. The lowest BCUT2D eigenvalue weighted by Gasteiger charge is -2.19. The van der Waals surface area contributed by atoms with E-state index in [1.165, 1.54) is 0 Å². The second-order valence-electron chi connectivity index (χ2n) is 5.54. The van der Waals surface area contributed by atoms with Gasteiger partial charge in [-0.05, 0) is 50.3 Å². The molecule has 108 valence electrons. The van der Waals surface area contributed by atoms with Crippen LogP contribution < -0.4 is 10.1 Å². The Morgan fingerprint density at radius 3 is 2.80 bits per heavy atom. The van der Waals surface area contributed by atoms with Crippen molar-refractivity contribution >= 4 is 0 Å². The number of rotatable bonds is 5. The predicted molar refractivity (Wildman–Crippen MR) is 76.9 cm³/mol.